The Morgan fingerprint density at radius 1 is 1.07 bits per heavy atom. The molecular formula is C31H37ClN4O6SSi. The highest BCUT2D eigenvalue weighted by molar-refractivity contribution is 7.93. The van der Waals surface area contributed by atoms with Crippen molar-refractivity contribution >= 4 is 46.3 Å². The smallest absolute Gasteiger partial charge is 0.301 e. The van der Waals surface area contributed by atoms with E-state index in [0.29, 0.717) is 45.1 Å². The molecule has 4 heterocycles. The molecule has 2 aromatic carbocycles. The quantitative estimate of drug-likeness (QED) is 0.169. The van der Waals surface area contributed by atoms with E-state index in [-0.39, 0.29) is 26.0 Å². The van der Waals surface area contributed by atoms with E-state index in [1.165, 1.54) is 0 Å². The summed E-state index contributed by atoms with van der Waals surface area (Å²) < 4.78 is 43.5. The monoisotopic (exact) mass is 656 g/mol. The molecule has 13 heteroatoms. The first kappa shape index (κ1) is 31.2. The van der Waals surface area contributed by atoms with Gasteiger partial charge in [0.25, 0.3) is 0 Å². The normalized spacial score (nSPS) is 23.0. The Morgan fingerprint density at radius 2 is 1.80 bits per heavy atom. The molecule has 1 N–H and O–H groups in total. The molecule has 0 radical (unpaired) electrons. The summed E-state index contributed by atoms with van der Waals surface area (Å²) in [5.41, 5.74) is 3.05. The van der Waals surface area contributed by atoms with E-state index in [4.69, 9.17) is 40.5 Å². The van der Waals surface area contributed by atoms with Gasteiger partial charge in [-0.2, -0.15) is 9.35 Å². The number of hydrogen-bond donors (Lipinski definition) is 1. The molecule has 4 aromatic rings. The number of nitrogens with zero attached hydrogens (tertiary/aromatic N) is 4. The third-order valence-corrected chi connectivity index (χ3v) is 11.4. The number of rotatable bonds is 10. The van der Waals surface area contributed by atoms with E-state index in [1.807, 2.05) is 54.6 Å². The minimum atomic E-state index is -2.61. The molecule has 0 aliphatic carbocycles. The Balaban J connectivity index is 1.31. The van der Waals surface area contributed by atoms with Crippen molar-refractivity contribution in [1.29, 1.82) is 0 Å². The van der Waals surface area contributed by atoms with Gasteiger partial charge in [-0.25, -0.2) is 9.19 Å². The molecule has 234 valence electrons. The molecular weight excluding hydrogens is 620 g/mol. The molecule has 0 amide bonds. The van der Waals surface area contributed by atoms with Crippen molar-refractivity contribution in [3.05, 3.63) is 65.7 Å². The van der Waals surface area contributed by atoms with Gasteiger partial charge in [0.2, 0.25) is 0 Å². The van der Waals surface area contributed by atoms with Gasteiger partial charge in [-0.1, -0.05) is 61.6 Å². The highest BCUT2D eigenvalue weighted by atomic mass is 35.5. The summed E-state index contributed by atoms with van der Waals surface area (Å²) in [6, 6.07) is 19.7. The standard InChI is InChI=1S/C31H37ClN4O6SSi/c1-43(38,22-8-6-5-7-9-22)35-21-12-10-20(11-13-21)27-23(32)16-24-30(34-27)36(19-39-14-15-44(2,3)4)31(33-24)42-26-18-41-28-25(37)17-40-29(26)28/h5-13,16,25-26,28-29,37H,14-15,17-19H2,1-4H3/t25-,26-,28-,29-,43?/m1/s1. The number of benzene rings is 2. The lowest BCUT2D eigenvalue weighted by molar-refractivity contribution is 0.00336. The van der Waals surface area contributed by atoms with Crippen molar-refractivity contribution in [2.75, 3.05) is 26.1 Å². The highest BCUT2D eigenvalue weighted by Gasteiger charge is 2.49. The molecule has 0 saturated carbocycles. The van der Waals surface area contributed by atoms with Crippen LogP contribution in [0, 0.1) is 0 Å². The van der Waals surface area contributed by atoms with Crippen LogP contribution in [0.5, 0.6) is 6.01 Å². The van der Waals surface area contributed by atoms with Crippen molar-refractivity contribution in [1.82, 2.24) is 14.5 Å². The molecule has 2 aromatic heterocycles. The molecule has 10 nitrogen and oxygen atoms in total. The van der Waals surface area contributed by atoms with Crippen LogP contribution in [-0.2, 0) is 30.7 Å². The van der Waals surface area contributed by atoms with Crippen molar-refractivity contribution in [3.63, 3.8) is 0 Å². The van der Waals surface area contributed by atoms with E-state index in [9.17, 15) is 9.32 Å². The number of fused-ring (bicyclic) bond motifs is 2. The number of imidazole rings is 1. The predicted molar refractivity (Wildman–Crippen MR) is 173 cm³/mol. The summed E-state index contributed by atoms with van der Waals surface area (Å²) in [4.78, 5) is 10.3. The zero-order valence-corrected chi connectivity index (χ0v) is 27.8. The maximum Gasteiger partial charge on any atom is 0.301 e. The number of hydrogen-bond acceptors (Lipinski definition) is 9. The second kappa shape index (κ2) is 12.5. The van der Waals surface area contributed by atoms with Gasteiger partial charge in [-0.15, -0.1) is 0 Å². The van der Waals surface area contributed by atoms with Crippen molar-refractivity contribution in [3.8, 4) is 17.3 Å². The van der Waals surface area contributed by atoms with Crippen molar-refractivity contribution in [2.24, 2.45) is 4.36 Å². The zero-order chi connectivity index (χ0) is 31.1. The fraction of sp³-hybridized carbons (Fsp3) is 0.419. The summed E-state index contributed by atoms with van der Waals surface area (Å²) in [5.74, 6) is 0. The lowest BCUT2D eigenvalue weighted by atomic mass is 10.1. The van der Waals surface area contributed by atoms with Crippen LogP contribution < -0.4 is 4.74 Å². The highest BCUT2D eigenvalue weighted by Crippen LogP contribution is 2.34. The number of pyridine rings is 1. The van der Waals surface area contributed by atoms with Crippen LogP contribution >= 0.6 is 11.6 Å². The molecule has 0 spiro atoms. The molecule has 6 rings (SSSR count). The lowest BCUT2D eigenvalue weighted by Gasteiger charge is -2.19. The second-order valence-corrected chi connectivity index (χ2v) is 20.7. The summed E-state index contributed by atoms with van der Waals surface area (Å²) in [6.45, 7) is 8.20. The van der Waals surface area contributed by atoms with Crippen LogP contribution in [0.1, 0.15) is 0 Å². The van der Waals surface area contributed by atoms with Gasteiger partial charge in [-0.05, 0) is 36.4 Å². The van der Waals surface area contributed by atoms with Gasteiger partial charge in [-0.3, -0.25) is 4.57 Å². The summed E-state index contributed by atoms with van der Waals surface area (Å²) >= 11 is 6.75. The summed E-state index contributed by atoms with van der Waals surface area (Å²) in [6.07, 6.45) is -0.295. The molecule has 2 fully saturated rings. The van der Waals surface area contributed by atoms with Gasteiger partial charge < -0.3 is 24.1 Å². The first-order chi connectivity index (χ1) is 21.0. The number of aliphatic hydroxyl groups is 1. The van der Waals surface area contributed by atoms with Crippen LogP contribution in [0.3, 0.4) is 0 Å². The Bertz CT molecular complexity index is 1760. The Kier molecular flexibility index (Phi) is 8.86. The van der Waals surface area contributed by atoms with E-state index in [1.54, 1.807) is 16.9 Å². The molecule has 2 aliphatic rings. The largest absolute Gasteiger partial charge is 0.456 e. The van der Waals surface area contributed by atoms with Gasteiger partial charge in [0.05, 0.1) is 39.3 Å². The van der Waals surface area contributed by atoms with Gasteiger partial charge in [0.15, 0.2) is 11.8 Å². The average Bonchev–Trinajstić information content (AvgIpc) is 3.66. The molecule has 44 heavy (non-hydrogen) atoms. The van der Waals surface area contributed by atoms with Gasteiger partial charge in [0.1, 0.15) is 30.6 Å². The van der Waals surface area contributed by atoms with Crippen LogP contribution in [0.4, 0.5) is 5.69 Å². The molecule has 5 atom stereocenters. The first-order valence-corrected chi connectivity index (χ1v) is 20.6. The van der Waals surface area contributed by atoms with E-state index in [0.717, 1.165) is 11.6 Å². The number of aromatic nitrogens is 3. The second-order valence-electron chi connectivity index (χ2n) is 12.4. The fourth-order valence-electron chi connectivity index (χ4n) is 5.23. The topological polar surface area (TPSA) is 117 Å². The van der Waals surface area contributed by atoms with Crippen LogP contribution in [0.2, 0.25) is 30.7 Å². The molecule has 1 unspecified atom stereocenters. The average molecular weight is 657 g/mol. The lowest BCUT2D eigenvalue weighted by Crippen LogP contribution is -2.35. The van der Waals surface area contributed by atoms with Crippen molar-refractivity contribution < 1.29 is 28.3 Å². The molecule has 0 bridgehead atoms. The minimum Gasteiger partial charge on any atom is -0.456 e. The number of ether oxygens (including phenoxy) is 4. The first-order valence-electron chi connectivity index (χ1n) is 14.6. The third kappa shape index (κ3) is 6.71. The third-order valence-electron chi connectivity index (χ3n) is 7.70. The van der Waals surface area contributed by atoms with Crippen molar-refractivity contribution in [2.45, 2.75) is 61.7 Å². The maximum atomic E-state index is 13.3. The summed E-state index contributed by atoms with van der Waals surface area (Å²) in [7, 11) is -3.90. The van der Waals surface area contributed by atoms with E-state index >= 15 is 0 Å². The Morgan fingerprint density at radius 3 is 2.52 bits per heavy atom. The number of halogens is 1. The Labute approximate surface area is 263 Å². The van der Waals surface area contributed by atoms with Crippen LogP contribution in [0.15, 0.2) is 69.9 Å². The SMILES string of the molecule is C[Si](C)(C)CCOCn1c(O[C@@H]2CO[C@H]3[C@@H]2OC[C@H]3O)nc2cc(Cl)c(-c3ccc(N=S(C)(=O)c4ccccc4)cc3)nc21. The summed E-state index contributed by atoms with van der Waals surface area (Å²) in [5, 5.41) is 10.6. The Hall–Kier alpha value is -2.84. The minimum absolute atomic E-state index is 0.192. The van der Waals surface area contributed by atoms with Gasteiger partial charge in [0, 0.05) is 31.4 Å². The predicted octanol–water partition coefficient (Wildman–Crippen LogP) is 5.76. The molecule has 2 saturated heterocycles. The number of aliphatic hydroxyl groups excluding tert-OH is 1. The van der Waals surface area contributed by atoms with Crippen LogP contribution in [-0.4, -0.2) is 82.4 Å². The zero-order valence-electron chi connectivity index (χ0n) is 25.2. The molecule has 2 aliphatic heterocycles. The maximum absolute atomic E-state index is 13.3. The van der Waals surface area contributed by atoms with E-state index in [2.05, 4.69) is 24.0 Å². The van der Waals surface area contributed by atoms with Gasteiger partial charge >= 0.3 is 6.01 Å². The fourth-order valence-corrected chi connectivity index (χ4v) is 7.54. The van der Waals surface area contributed by atoms with Crippen LogP contribution in [0.25, 0.3) is 22.4 Å². The van der Waals surface area contributed by atoms with E-state index < -0.39 is 36.1 Å².